The third kappa shape index (κ3) is 6.65. The van der Waals surface area contributed by atoms with E-state index in [9.17, 15) is 33.0 Å². The van der Waals surface area contributed by atoms with Crippen molar-refractivity contribution in [2.75, 3.05) is 18.8 Å². The number of carbonyl (C=O) groups is 2. The minimum atomic E-state index is -4.54. The minimum Gasteiger partial charge on any atom is -0.410 e. The van der Waals surface area contributed by atoms with Crippen molar-refractivity contribution in [2.45, 2.75) is 68.9 Å². The van der Waals surface area contributed by atoms with E-state index in [0.29, 0.717) is 32.4 Å². The molecule has 3 aliphatic rings. The molecular weight excluding hydrogens is 599 g/mol. The molecule has 5 N–H and O–H groups in total. The third-order valence-electron chi connectivity index (χ3n) is 7.97. The lowest BCUT2D eigenvalue weighted by Gasteiger charge is -2.30. The lowest BCUT2D eigenvalue weighted by molar-refractivity contribution is -0.138. The van der Waals surface area contributed by atoms with Gasteiger partial charge in [-0.15, -0.1) is 0 Å². The number of piperidine rings is 1. The summed E-state index contributed by atoms with van der Waals surface area (Å²) in [6.07, 6.45) is -5.85. The molecule has 3 fully saturated rings. The van der Waals surface area contributed by atoms with Gasteiger partial charge in [-0.25, -0.2) is 19.7 Å². The van der Waals surface area contributed by atoms with Crippen molar-refractivity contribution in [1.29, 1.82) is 0 Å². The number of nitrogen functional groups attached to an aromatic ring is 1. The normalized spacial score (nSPS) is 23.9. The first-order chi connectivity index (χ1) is 21.5. The highest BCUT2D eigenvalue weighted by Gasteiger charge is 2.48. The van der Waals surface area contributed by atoms with Crippen LogP contribution in [0, 0.1) is 17.8 Å². The molecule has 238 valence electrons. The zero-order valence-corrected chi connectivity index (χ0v) is 23.8. The number of nitrogens with zero attached hydrogens (tertiary/aromatic N) is 5. The van der Waals surface area contributed by atoms with Gasteiger partial charge in [0.15, 0.2) is 23.8 Å². The first-order valence-corrected chi connectivity index (χ1v) is 14.4. The molecule has 1 aromatic carbocycles. The van der Waals surface area contributed by atoms with E-state index in [1.54, 1.807) is 0 Å². The maximum absolute atomic E-state index is 13.0. The number of amides is 2. The number of nitrogens with two attached hydrogens (primary N) is 1. The van der Waals surface area contributed by atoms with Gasteiger partial charge in [-0.3, -0.25) is 9.36 Å². The van der Waals surface area contributed by atoms with E-state index < -0.39 is 48.3 Å². The van der Waals surface area contributed by atoms with E-state index in [1.807, 2.05) is 0 Å². The number of hydrogen-bond donors (Lipinski definition) is 4. The van der Waals surface area contributed by atoms with Crippen LogP contribution in [0.1, 0.15) is 49.7 Å². The van der Waals surface area contributed by atoms with Crippen LogP contribution in [0.15, 0.2) is 30.6 Å². The highest BCUT2D eigenvalue weighted by Crippen LogP contribution is 2.34. The Morgan fingerprint density at radius 2 is 1.89 bits per heavy atom. The van der Waals surface area contributed by atoms with Gasteiger partial charge in [-0.2, -0.15) is 13.2 Å². The second-order valence-corrected chi connectivity index (χ2v) is 11.3. The monoisotopic (exact) mass is 629 g/mol. The number of ether oxygens (including phenoxy) is 2. The quantitative estimate of drug-likeness (QED) is 0.305. The molecular formula is C29H30F3N7O6. The Morgan fingerprint density at radius 1 is 1.13 bits per heavy atom. The summed E-state index contributed by atoms with van der Waals surface area (Å²) in [4.78, 5) is 39.3. The van der Waals surface area contributed by atoms with Crippen LogP contribution in [-0.4, -0.2) is 84.1 Å². The number of aromatic nitrogens is 4. The van der Waals surface area contributed by atoms with Crippen molar-refractivity contribution in [1.82, 2.24) is 29.7 Å². The number of alkyl halides is 3. The van der Waals surface area contributed by atoms with E-state index in [1.165, 1.54) is 27.9 Å². The fourth-order valence-electron chi connectivity index (χ4n) is 5.29. The SMILES string of the molecule is Nc1nc(C#CCC2CCN(C(=O)Oc3cccc(C(F)(F)F)c3)CC2)nc2c1ncn2[C@@H]1O[C@H](C(=O)NC2CC2)C(O)C1O. The molecule has 0 spiro atoms. The van der Waals surface area contributed by atoms with E-state index in [0.717, 1.165) is 25.0 Å². The molecule has 0 bridgehead atoms. The van der Waals surface area contributed by atoms with E-state index in [-0.39, 0.29) is 40.5 Å². The summed E-state index contributed by atoms with van der Waals surface area (Å²) >= 11 is 0. The highest BCUT2D eigenvalue weighted by molar-refractivity contribution is 5.83. The van der Waals surface area contributed by atoms with Crippen LogP contribution in [0.2, 0.25) is 0 Å². The summed E-state index contributed by atoms with van der Waals surface area (Å²) in [5.74, 6) is 5.53. The van der Waals surface area contributed by atoms with E-state index in [2.05, 4.69) is 32.1 Å². The molecule has 2 saturated heterocycles. The van der Waals surface area contributed by atoms with Crippen LogP contribution in [0.4, 0.5) is 23.8 Å². The van der Waals surface area contributed by atoms with Gasteiger partial charge < -0.3 is 35.6 Å². The number of nitrogens with one attached hydrogen (secondary N) is 1. The molecule has 13 nitrogen and oxygen atoms in total. The number of hydrogen-bond acceptors (Lipinski definition) is 10. The van der Waals surface area contributed by atoms with Crippen LogP contribution in [0.3, 0.4) is 0 Å². The number of rotatable bonds is 5. The number of imidazole rings is 1. The van der Waals surface area contributed by atoms with Gasteiger partial charge >= 0.3 is 12.3 Å². The summed E-state index contributed by atoms with van der Waals surface area (Å²) in [7, 11) is 0. The van der Waals surface area contributed by atoms with Gasteiger partial charge in [0.25, 0.3) is 5.91 Å². The molecule has 0 radical (unpaired) electrons. The number of fused-ring (bicyclic) bond motifs is 1. The van der Waals surface area contributed by atoms with Crippen LogP contribution in [0.25, 0.3) is 11.2 Å². The summed E-state index contributed by atoms with van der Waals surface area (Å²) in [5.41, 5.74) is 5.64. The van der Waals surface area contributed by atoms with Crippen molar-refractivity contribution < 1.29 is 42.4 Å². The summed E-state index contributed by atoms with van der Waals surface area (Å²) < 4.78 is 51.1. The van der Waals surface area contributed by atoms with Crippen LogP contribution in [0.5, 0.6) is 5.75 Å². The molecule has 1 aliphatic carbocycles. The first kappa shape index (κ1) is 30.6. The number of anilines is 1. The first-order valence-electron chi connectivity index (χ1n) is 14.4. The van der Waals surface area contributed by atoms with Crippen molar-refractivity contribution in [2.24, 2.45) is 5.92 Å². The largest absolute Gasteiger partial charge is 0.416 e. The summed E-state index contributed by atoms with van der Waals surface area (Å²) in [6, 6.07) is 4.22. The molecule has 2 amide bonds. The molecule has 16 heteroatoms. The molecule has 2 aliphatic heterocycles. The second kappa shape index (κ2) is 12.1. The van der Waals surface area contributed by atoms with Gasteiger partial charge in [0.05, 0.1) is 11.9 Å². The standard InChI is InChI=1S/C29H30F3N7O6/c30-29(31,32)16-4-2-5-18(13-16)44-28(43)38-11-9-15(10-12-38)3-1-6-19-36-24(33)20-25(37-19)39(14-34-20)27-22(41)21(40)23(45-27)26(42)35-17-7-8-17/h2,4-5,13-15,17,21-23,27,40-41H,3,7-12H2,(H,35,42)(H2,33,36,37)/t21?,22?,23-,27+/m0/s1. The topological polar surface area (TPSA) is 178 Å². The van der Waals surface area contributed by atoms with Crippen molar-refractivity contribution in [3.63, 3.8) is 0 Å². The van der Waals surface area contributed by atoms with Gasteiger partial charge in [-0.1, -0.05) is 12.0 Å². The number of aliphatic hydroxyl groups is 2. The smallest absolute Gasteiger partial charge is 0.410 e. The third-order valence-corrected chi connectivity index (χ3v) is 7.97. The number of likely N-dealkylation sites (tertiary alicyclic amines) is 1. The Hall–Kier alpha value is -4.46. The number of carbonyl (C=O) groups excluding carboxylic acids is 2. The second-order valence-electron chi connectivity index (χ2n) is 11.3. The molecule has 4 atom stereocenters. The predicted octanol–water partition coefficient (Wildman–Crippen LogP) is 1.98. The maximum Gasteiger partial charge on any atom is 0.416 e. The number of aliphatic hydroxyl groups excluding tert-OH is 2. The number of halogens is 3. The van der Waals surface area contributed by atoms with Crippen LogP contribution >= 0.6 is 0 Å². The number of benzene rings is 1. The highest BCUT2D eigenvalue weighted by atomic mass is 19.4. The Morgan fingerprint density at radius 3 is 2.60 bits per heavy atom. The Balaban J connectivity index is 1.06. The van der Waals surface area contributed by atoms with Crippen molar-refractivity contribution >= 4 is 29.0 Å². The van der Waals surface area contributed by atoms with E-state index >= 15 is 0 Å². The lowest BCUT2D eigenvalue weighted by atomic mass is 9.94. The average molecular weight is 630 g/mol. The fourth-order valence-corrected chi connectivity index (χ4v) is 5.29. The Kier molecular flexibility index (Phi) is 8.25. The van der Waals surface area contributed by atoms with Gasteiger partial charge in [0, 0.05) is 25.6 Å². The Labute approximate surface area is 254 Å². The van der Waals surface area contributed by atoms with Crippen LogP contribution < -0.4 is 15.8 Å². The lowest BCUT2D eigenvalue weighted by Crippen LogP contribution is -2.43. The Bertz CT molecular complexity index is 1660. The molecule has 3 aromatic rings. The van der Waals surface area contributed by atoms with E-state index in [4.69, 9.17) is 15.2 Å². The van der Waals surface area contributed by atoms with Crippen molar-refractivity contribution in [3.05, 3.63) is 42.0 Å². The molecule has 2 aromatic heterocycles. The fraction of sp³-hybridized carbons (Fsp3) is 0.483. The van der Waals surface area contributed by atoms with Crippen LogP contribution in [-0.2, 0) is 15.7 Å². The van der Waals surface area contributed by atoms with Gasteiger partial charge in [0.2, 0.25) is 5.82 Å². The summed E-state index contributed by atoms with van der Waals surface area (Å²) in [6.45, 7) is 0.710. The molecule has 1 saturated carbocycles. The minimum absolute atomic E-state index is 0.0479. The zero-order valence-electron chi connectivity index (χ0n) is 23.8. The molecule has 6 rings (SSSR count). The van der Waals surface area contributed by atoms with Crippen molar-refractivity contribution in [3.8, 4) is 17.6 Å². The van der Waals surface area contributed by atoms with Gasteiger partial charge in [-0.05, 0) is 55.7 Å². The van der Waals surface area contributed by atoms with Gasteiger partial charge in [0.1, 0.15) is 23.5 Å². The zero-order chi connectivity index (χ0) is 31.9. The predicted molar refractivity (Wildman–Crippen MR) is 150 cm³/mol. The molecule has 45 heavy (non-hydrogen) atoms. The average Bonchev–Trinajstić information content (AvgIpc) is 3.64. The maximum atomic E-state index is 13.0. The molecule has 4 heterocycles. The molecule has 2 unspecified atom stereocenters. The summed E-state index contributed by atoms with van der Waals surface area (Å²) in [5, 5.41) is 23.9.